The van der Waals surface area contributed by atoms with Gasteiger partial charge in [0.25, 0.3) is 0 Å². The first-order chi connectivity index (χ1) is 35.4. The topological polar surface area (TPSA) is 172 Å². The largest absolute Gasteiger partial charge is 0.355 e. The van der Waals surface area contributed by atoms with Crippen molar-refractivity contribution in [2.45, 2.75) is 64.2 Å². The fraction of sp³-hybridized carbons (Fsp3) is 0.167. The highest BCUT2D eigenvalue weighted by Crippen LogP contribution is 2.21. The van der Waals surface area contributed by atoms with Crippen LogP contribution in [0.3, 0.4) is 0 Å². The lowest BCUT2D eigenvalue weighted by Gasteiger charge is -1.86. The van der Waals surface area contributed by atoms with Crippen LogP contribution in [0.25, 0.3) is 78.4 Å². The maximum absolute atomic E-state index is 4.77. The lowest BCUT2D eigenvalue weighted by atomic mass is 10.2. The van der Waals surface area contributed by atoms with Crippen molar-refractivity contribution in [1.82, 2.24) is 59.8 Å². The van der Waals surface area contributed by atoms with E-state index in [2.05, 4.69) is 180 Å². The highest BCUT2D eigenvalue weighted by Gasteiger charge is 2.12. The van der Waals surface area contributed by atoms with Gasteiger partial charge >= 0.3 is 0 Å². The number of aromatic amines is 6. The monoisotopic (exact) mass is 940 g/mol. The van der Waals surface area contributed by atoms with Gasteiger partial charge in [-0.3, -0.25) is 24.9 Å². The normalized spacial score (nSPS) is 13.8. The summed E-state index contributed by atoms with van der Waals surface area (Å²) in [5.41, 5.74) is 26.3. The molecule has 6 aliphatic heterocycles. The number of H-pyrrole nitrogens is 6. The van der Waals surface area contributed by atoms with Crippen molar-refractivity contribution in [3.05, 3.63) is 214 Å². The molecule has 0 fully saturated rings. The molecular weight excluding hydrogens is 889 g/mol. The Balaban J connectivity index is 0.000000105. The minimum absolute atomic E-state index is 0.953. The molecule has 0 saturated heterocycles. The molecule has 15 rings (SSSR count). The van der Waals surface area contributed by atoms with Gasteiger partial charge in [-0.15, -0.1) is 0 Å². The maximum Gasteiger partial charge on any atom is 0.0658 e. The maximum atomic E-state index is 4.77. The molecule has 0 aromatic carbocycles. The van der Waals surface area contributed by atoms with Gasteiger partial charge < -0.3 is 29.9 Å². The lowest BCUT2D eigenvalue weighted by molar-refractivity contribution is 0.999. The van der Waals surface area contributed by atoms with Gasteiger partial charge in [0.2, 0.25) is 0 Å². The van der Waals surface area contributed by atoms with Crippen LogP contribution < -0.4 is 0 Å². The zero-order valence-corrected chi connectivity index (χ0v) is 39.8. The molecule has 0 aliphatic carbocycles. The zero-order valence-electron chi connectivity index (χ0n) is 39.8. The molecule has 0 amide bonds. The number of hydrogen-bond donors (Lipinski definition) is 6. The van der Waals surface area contributed by atoms with E-state index >= 15 is 0 Å². The summed E-state index contributed by atoms with van der Waals surface area (Å²) in [5.74, 6) is 0. The van der Waals surface area contributed by atoms with E-state index in [1.54, 1.807) is 0 Å². The molecule has 9 aromatic heterocycles. The lowest BCUT2D eigenvalue weighted by Crippen LogP contribution is -1.82. The molecule has 24 bridgehead atoms. The van der Waals surface area contributed by atoms with Gasteiger partial charge in [-0.05, 0) is 222 Å². The Hall–Kier alpha value is -8.90. The van der Waals surface area contributed by atoms with Gasteiger partial charge in [-0.1, -0.05) is 0 Å². The SMILES string of the molecule is C1=Cc2cc3ccc(cc4nc(cc5ccc(cc1n2)[nH]5)CC4)[nH]3.c1c2nc(cc3ccc(cc4ccc(cc5nc1CC5)[nH]4)[nH]3)CC2.c1cc2cc3nc(cc4ccc(cc5nc(cc1[nH]2)CC5)[nH]4)CC3. The summed E-state index contributed by atoms with van der Waals surface area (Å²) < 4.78 is 0. The van der Waals surface area contributed by atoms with E-state index in [0.717, 1.165) is 199 Å². The van der Waals surface area contributed by atoms with Crippen LogP contribution in [0, 0.1) is 0 Å². The molecule has 12 nitrogen and oxygen atoms in total. The predicted octanol–water partition coefficient (Wildman–Crippen LogP) is 12.0. The van der Waals surface area contributed by atoms with Crippen molar-refractivity contribution in [2.24, 2.45) is 0 Å². The summed E-state index contributed by atoms with van der Waals surface area (Å²) in [6.45, 7) is 0. The Morgan fingerprint density at radius 3 is 0.597 bits per heavy atom. The average Bonchev–Trinajstić information content (AvgIpc) is 4.18. The number of fused-ring (bicyclic) bond motifs is 24. The predicted molar refractivity (Wildman–Crippen MR) is 289 cm³/mol. The number of rotatable bonds is 0. The van der Waals surface area contributed by atoms with Gasteiger partial charge in [0, 0.05) is 123 Å². The van der Waals surface area contributed by atoms with Crippen LogP contribution in [0.15, 0.2) is 146 Å². The third-order valence-corrected chi connectivity index (χ3v) is 13.5. The minimum Gasteiger partial charge on any atom is -0.355 e. The smallest absolute Gasteiger partial charge is 0.0658 e. The summed E-state index contributed by atoms with van der Waals surface area (Å²) in [6, 6.07) is 50.7. The Bertz CT molecular complexity index is 3770. The average molecular weight is 941 g/mol. The first kappa shape index (κ1) is 43.1. The standard InChI is InChI=1S/2C20H18N4.C20H16N4/c3*1-2-14-10-16-5-6-18(23-16)12-20-8-7-19(24-20)11-17-4-3-15(22-17)9-13(1)21-14/h1-2,7-12,21,24H,3-6H2;1-4,9-12,21-22H,5-8H2;1-6,9-12,22-23H,7-8H2. The molecule has 0 saturated carbocycles. The van der Waals surface area contributed by atoms with Crippen LogP contribution in [-0.2, 0) is 64.2 Å². The number of nitrogens with zero attached hydrogens (tertiary/aromatic N) is 6. The van der Waals surface area contributed by atoms with E-state index < -0.39 is 0 Å². The third-order valence-electron chi connectivity index (χ3n) is 13.5. The van der Waals surface area contributed by atoms with E-state index in [0.29, 0.717) is 0 Å². The van der Waals surface area contributed by atoms with E-state index in [-0.39, 0.29) is 0 Å². The molecule has 0 unspecified atom stereocenters. The molecule has 0 spiro atoms. The summed E-state index contributed by atoms with van der Waals surface area (Å²) in [6.07, 6.45) is 14.0. The second-order valence-electron chi connectivity index (χ2n) is 19.2. The summed E-state index contributed by atoms with van der Waals surface area (Å²) >= 11 is 0. The summed E-state index contributed by atoms with van der Waals surface area (Å²) in [7, 11) is 0. The molecule has 72 heavy (non-hydrogen) atoms. The first-order valence-electron chi connectivity index (χ1n) is 25.0. The second kappa shape index (κ2) is 18.8. The molecular formula is C60H52N12. The molecule has 0 atom stereocenters. The van der Waals surface area contributed by atoms with Gasteiger partial charge in [0.05, 0.1) is 11.4 Å². The van der Waals surface area contributed by atoms with Crippen molar-refractivity contribution in [2.75, 3.05) is 0 Å². The quantitative estimate of drug-likeness (QED) is 0.0883. The highest BCUT2D eigenvalue weighted by atomic mass is 14.8. The van der Waals surface area contributed by atoms with Crippen LogP contribution in [-0.4, -0.2) is 59.8 Å². The molecule has 6 N–H and O–H groups in total. The Morgan fingerprint density at radius 1 is 0.194 bits per heavy atom. The van der Waals surface area contributed by atoms with Gasteiger partial charge in [0.15, 0.2) is 0 Å². The van der Waals surface area contributed by atoms with Crippen molar-refractivity contribution < 1.29 is 0 Å². The van der Waals surface area contributed by atoms with Crippen molar-refractivity contribution in [1.29, 1.82) is 0 Å². The Kier molecular flexibility index (Phi) is 11.3. The Labute approximate surface area is 414 Å². The van der Waals surface area contributed by atoms with Crippen LogP contribution >= 0.6 is 0 Å². The Morgan fingerprint density at radius 2 is 0.375 bits per heavy atom. The number of aryl methyl sites for hydroxylation is 10. The van der Waals surface area contributed by atoms with Crippen molar-refractivity contribution >= 4 is 78.4 Å². The number of nitrogens with one attached hydrogen (secondary N) is 6. The fourth-order valence-corrected chi connectivity index (χ4v) is 10.1. The minimum atomic E-state index is 0.953. The summed E-state index contributed by atoms with van der Waals surface area (Å²) in [5, 5.41) is 0. The molecule has 0 radical (unpaired) electrons. The fourth-order valence-electron chi connectivity index (χ4n) is 10.1. The van der Waals surface area contributed by atoms with E-state index in [1.165, 1.54) is 0 Å². The molecule has 15 heterocycles. The first-order valence-corrected chi connectivity index (χ1v) is 25.0. The van der Waals surface area contributed by atoms with Gasteiger partial charge in [-0.25, -0.2) is 4.98 Å². The van der Waals surface area contributed by atoms with Crippen LogP contribution in [0.4, 0.5) is 0 Å². The van der Waals surface area contributed by atoms with Crippen LogP contribution in [0.5, 0.6) is 0 Å². The molecule has 9 aromatic rings. The molecule has 6 aliphatic rings. The number of hydrogen-bond acceptors (Lipinski definition) is 6. The highest BCUT2D eigenvalue weighted by molar-refractivity contribution is 5.75. The summed E-state index contributed by atoms with van der Waals surface area (Å²) in [4.78, 5) is 49.0. The van der Waals surface area contributed by atoms with E-state index in [9.17, 15) is 0 Å². The molecule has 352 valence electrons. The van der Waals surface area contributed by atoms with E-state index in [4.69, 9.17) is 24.9 Å². The van der Waals surface area contributed by atoms with Crippen LogP contribution in [0.1, 0.15) is 68.3 Å². The van der Waals surface area contributed by atoms with E-state index in [1.807, 2.05) is 12.2 Å². The third kappa shape index (κ3) is 10.2. The van der Waals surface area contributed by atoms with Crippen LogP contribution in [0.2, 0.25) is 0 Å². The number of aromatic nitrogens is 12. The molecule has 12 heteroatoms. The van der Waals surface area contributed by atoms with Crippen molar-refractivity contribution in [3.8, 4) is 0 Å². The van der Waals surface area contributed by atoms with Gasteiger partial charge in [0.1, 0.15) is 0 Å². The van der Waals surface area contributed by atoms with Crippen molar-refractivity contribution in [3.63, 3.8) is 0 Å². The second-order valence-corrected chi connectivity index (χ2v) is 19.2. The zero-order chi connectivity index (χ0) is 47.8. The van der Waals surface area contributed by atoms with Gasteiger partial charge in [-0.2, -0.15) is 0 Å².